The van der Waals surface area contributed by atoms with Gasteiger partial charge in [0.15, 0.2) is 5.60 Å². The Balaban J connectivity index is 4.06. The number of aliphatic hydroxyl groups is 1. The second kappa shape index (κ2) is 7.11. The lowest BCUT2D eigenvalue weighted by molar-refractivity contribution is -0.155. The van der Waals surface area contributed by atoms with Crippen molar-refractivity contribution in [2.24, 2.45) is 0 Å². The van der Waals surface area contributed by atoms with E-state index in [-0.39, 0.29) is 12.6 Å². The number of urea groups is 1. The lowest BCUT2D eigenvalue weighted by Crippen LogP contribution is -2.50. The van der Waals surface area contributed by atoms with Crippen molar-refractivity contribution >= 4 is 12.0 Å². The first kappa shape index (κ1) is 15.7. The summed E-state index contributed by atoms with van der Waals surface area (Å²) in [5, 5.41) is 23.1. The Bertz CT molecular complexity index is 266. The van der Waals surface area contributed by atoms with E-state index in [1.54, 1.807) is 0 Å². The molecule has 0 aliphatic heterocycles. The molecule has 6 heteroatoms. The van der Waals surface area contributed by atoms with Crippen molar-refractivity contribution in [1.29, 1.82) is 0 Å². The number of rotatable bonds is 7. The second-order valence-corrected chi connectivity index (χ2v) is 4.30. The largest absolute Gasteiger partial charge is 0.479 e. The Kier molecular flexibility index (Phi) is 6.57. The van der Waals surface area contributed by atoms with E-state index in [0.717, 1.165) is 26.2 Å². The van der Waals surface area contributed by atoms with Crippen LogP contribution in [0.15, 0.2) is 0 Å². The first-order valence-electron chi connectivity index (χ1n) is 5.83. The van der Waals surface area contributed by atoms with Crippen molar-refractivity contribution in [2.45, 2.75) is 51.7 Å². The molecule has 0 heterocycles. The molecule has 2 atom stereocenters. The Hall–Kier alpha value is -1.30. The summed E-state index contributed by atoms with van der Waals surface area (Å²) in [6, 6.07) is -0.374. The van der Waals surface area contributed by atoms with Gasteiger partial charge in [0.25, 0.3) is 0 Å². The van der Waals surface area contributed by atoms with Crippen LogP contribution in [0.25, 0.3) is 0 Å². The summed E-state index contributed by atoms with van der Waals surface area (Å²) in [7, 11) is 0. The van der Waals surface area contributed by atoms with Crippen molar-refractivity contribution in [2.75, 3.05) is 6.54 Å². The number of amides is 2. The summed E-state index contributed by atoms with van der Waals surface area (Å²) in [6.45, 7) is 4.81. The number of carbonyl (C=O) groups excluding carboxylic acids is 1. The van der Waals surface area contributed by atoms with Crippen LogP contribution in [0.2, 0.25) is 0 Å². The lowest BCUT2D eigenvalue weighted by Gasteiger charge is -2.21. The SMILES string of the molecule is CCCC(CC)NC(=O)NCC(C)(O)C(=O)O. The molecule has 0 fully saturated rings. The number of nitrogens with one attached hydrogen (secondary N) is 2. The predicted octanol–water partition coefficient (Wildman–Crippen LogP) is 0.700. The Labute approximate surface area is 101 Å². The first-order chi connectivity index (χ1) is 7.83. The molecule has 0 spiro atoms. The number of hydrogen-bond donors (Lipinski definition) is 4. The average Bonchev–Trinajstić information content (AvgIpc) is 2.25. The maximum atomic E-state index is 11.4. The summed E-state index contributed by atoms with van der Waals surface area (Å²) in [5.74, 6) is -1.36. The molecule has 0 aromatic rings. The monoisotopic (exact) mass is 246 g/mol. The standard InChI is InChI=1S/C11H22N2O4/c1-4-6-8(5-2)13-10(16)12-7-11(3,17)9(14)15/h8,17H,4-7H2,1-3H3,(H,14,15)(H2,12,13,16). The third-order valence-corrected chi connectivity index (χ3v) is 2.52. The lowest BCUT2D eigenvalue weighted by atomic mass is 10.1. The van der Waals surface area contributed by atoms with E-state index < -0.39 is 17.6 Å². The molecule has 0 aromatic carbocycles. The molecule has 0 saturated heterocycles. The Morgan fingerprint density at radius 1 is 1.35 bits per heavy atom. The normalized spacial score (nSPS) is 15.8. The summed E-state index contributed by atoms with van der Waals surface area (Å²) in [5.41, 5.74) is -1.94. The van der Waals surface area contributed by atoms with Crippen molar-refractivity contribution in [3.05, 3.63) is 0 Å². The van der Waals surface area contributed by atoms with Gasteiger partial charge in [-0.2, -0.15) is 0 Å². The van der Waals surface area contributed by atoms with Crippen LogP contribution in [0.5, 0.6) is 0 Å². The van der Waals surface area contributed by atoms with E-state index in [4.69, 9.17) is 5.11 Å². The molecule has 0 bridgehead atoms. The summed E-state index contributed by atoms with van der Waals surface area (Å²) in [6.07, 6.45) is 2.65. The van der Waals surface area contributed by atoms with Gasteiger partial charge in [-0.15, -0.1) is 0 Å². The third kappa shape index (κ3) is 6.11. The number of aliphatic carboxylic acids is 1. The van der Waals surface area contributed by atoms with Gasteiger partial charge in [0.1, 0.15) is 0 Å². The van der Waals surface area contributed by atoms with Gasteiger partial charge < -0.3 is 20.8 Å². The third-order valence-electron chi connectivity index (χ3n) is 2.52. The molecule has 0 aliphatic rings. The van der Waals surface area contributed by atoms with Gasteiger partial charge in [-0.25, -0.2) is 9.59 Å². The molecular formula is C11H22N2O4. The molecule has 2 amide bonds. The molecule has 100 valence electrons. The van der Waals surface area contributed by atoms with Gasteiger partial charge in [-0.1, -0.05) is 20.3 Å². The molecule has 6 nitrogen and oxygen atoms in total. The minimum atomic E-state index is -1.94. The van der Waals surface area contributed by atoms with Gasteiger partial charge >= 0.3 is 12.0 Å². The molecule has 0 rings (SSSR count). The Morgan fingerprint density at radius 3 is 2.35 bits per heavy atom. The van der Waals surface area contributed by atoms with Gasteiger partial charge in [0, 0.05) is 6.04 Å². The summed E-state index contributed by atoms with van der Waals surface area (Å²) < 4.78 is 0. The predicted molar refractivity (Wildman–Crippen MR) is 63.8 cm³/mol. The number of carboxylic acids is 1. The first-order valence-corrected chi connectivity index (χ1v) is 5.83. The highest BCUT2D eigenvalue weighted by Gasteiger charge is 2.30. The maximum Gasteiger partial charge on any atom is 0.337 e. The number of hydrogen-bond acceptors (Lipinski definition) is 3. The molecule has 0 radical (unpaired) electrons. The molecule has 0 aliphatic carbocycles. The highest BCUT2D eigenvalue weighted by atomic mass is 16.4. The highest BCUT2D eigenvalue weighted by Crippen LogP contribution is 2.02. The van der Waals surface area contributed by atoms with Gasteiger partial charge in [0.05, 0.1) is 6.54 Å². The van der Waals surface area contributed by atoms with Crippen molar-refractivity contribution in [3.63, 3.8) is 0 Å². The zero-order valence-corrected chi connectivity index (χ0v) is 10.6. The summed E-state index contributed by atoms with van der Waals surface area (Å²) >= 11 is 0. The molecular weight excluding hydrogens is 224 g/mol. The van der Waals surface area contributed by atoms with Crippen molar-refractivity contribution in [1.82, 2.24) is 10.6 Å². The van der Waals surface area contributed by atoms with Crippen LogP contribution in [0.1, 0.15) is 40.0 Å². The van der Waals surface area contributed by atoms with Crippen LogP contribution in [0.3, 0.4) is 0 Å². The van der Waals surface area contributed by atoms with Gasteiger partial charge in [-0.3, -0.25) is 0 Å². The zero-order chi connectivity index (χ0) is 13.5. The van der Waals surface area contributed by atoms with Crippen LogP contribution < -0.4 is 10.6 Å². The summed E-state index contributed by atoms with van der Waals surface area (Å²) in [4.78, 5) is 22.0. The minimum absolute atomic E-state index is 0.0785. The van der Waals surface area contributed by atoms with Crippen molar-refractivity contribution in [3.8, 4) is 0 Å². The average molecular weight is 246 g/mol. The van der Waals surface area contributed by atoms with Crippen LogP contribution in [-0.2, 0) is 4.79 Å². The molecule has 0 aromatic heterocycles. The van der Waals surface area contributed by atoms with E-state index in [9.17, 15) is 14.7 Å². The molecule has 17 heavy (non-hydrogen) atoms. The van der Waals surface area contributed by atoms with Crippen LogP contribution in [0, 0.1) is 0 Å². The van der Waals surface area contributed by atoms with E-state index in [1.165, 1.54) is 0 Å². The minimum Gasteiger partial charge on any atom is -0.479 e. The second-order valence-electron chi connectivity index (χ2n) is 4.30. The van der Waals surface area contributed by atoms with E-state index in [0.29, 0.717) is 0 Å². The fraction of sp³-hybridized carbons (Fsp3) is 0.818. The maximum absolute atomic E-state index is 11.4. The highest BCUT2D eigenvalue weighted by molar-refractivity contribution is 5.79. The molecule has 0 saturated carbocycles. The van der Waals surface area contributed by atoms with E-state index in [1.807, 2.05) is 13.8 Å². The number of carbonyl (C=O) groups is 2. The number of carboxylic acid groups (broad SMARTS) is 1. The fourth-order valence-electron chi connectivity index (χ4n) is 1.29. The van der Waals surface area contributed by atoms with Crippen LogP contribution in [0.4, 0.5) is 4.79 Å². The van der Waals surface area contributed by atoms with Crippen molar-refractivity contribution < 1.29 is 19.8 Å². The fourth-order valence-corrected chi connectivity index (χ4v) is 1.29. The van der Waals surface area contributed by atoms with Crippen LogP contribution in [-0.4, -0.2) is 40.4 Å². The molecule has 4 N–H and O–H groups in total. The van der Waals surface area contributed by atoms with Gasteiger partial charge in [-0.05, 0) is 19.8 Å². The Morgan fingerprint density at radius 2 is 1.94 bits per heavy atom. The quantitative estimate of drug-likeness (QED) is 0.531. The smallest absolute Gasteiger partial charge is 0.337 e. The van der Waals surface area contributed by atoms with Crippen LogP contribution >= 0.6 is 0 Å². The zero-order valence-electron chi connectivity index (χ0n) is 10.6. The van der Waals surface area contributed by atoms with E-state index >= 15 is 0 Å². The molecule has 2 unspecified atom stereocenters. The topological polar surface area (TPSA) is 98.7 Å². The van der Waals surface area contributed by atoms with E-state index in [2.05, 4.69) is 10.6 Å². The van der Waals surface area contributed by atoms with Gasteiger partial charge in [0.2, 0.25) is 0 Å².